The largest absolute Gasteiger partial charge is 0.469 e. The van der Waals surface area contributed by atoms with Crippen LogP contribution in [0.4, 0.5) is 0 Å². The number of benzene rings is 1. The van der Waals surface area contributed by atoms with Gasteiger partial charge in [0.1, 0.15) is 0 Å². The average molecular weight is 414 g/mol. The van der Waals surface area contributed by atoms with Crippen molar-refractivity contribution in [3.63, 3.8) is 0 Å². The predicted octanol–water partition coefficient (Wildman–Crippen LogP) is 4.39. The SMILES string of the molecule is CCC(/C=C/C(=O)NCC1(CC(=O)OC)CCCCC1)=C\c1ccc2c(c1)OCO2. The summed E-state index contributed by atoms with van der Waals surface area (Å²) in [4.78, 5) is 24.3. The minimum atomic E-state index is -0.207. The lowest BCUT2D eigenvalue weighted by Crippen LogP contribution is -2.40. The zero-order valence-electron chi connectivity index (χ0n) is 17.9. The fourth-order valence-corrected chi connectivity index (χ4v) is 4.10. The van der Waals surface area contributed by atoms with Crippen molar-refractivity contribution in [2.24, 2.45) is 5.41 Å². The summed E-state index contributed by atoms with van der Waals surface area (Å²) in [5.41, 5.74) is 1.84. The molecular formula is C24H31NO5. The zero-order valence-corrected chi connectivity index (χ0v) is 17.9. The number of carbonyl (C=O) groups excluding carboxylic acids is 2. The van der Waals surface area contributed by atoms with Gasteiger partial charge < -0.3 is 19.5 Å². The van der Waals surface area contributed by atoms with Crippen molar-refractivity contribution in [1.82, 2.24) is 5.32 Å². The van der Waals surface area contributed by atoms with Crippen LogP contribution in [0.2, 0.25) is 0 Å². The molecule has 1 N–H and O–H groups in total. The Morgan fingerprint density at radius 1 is 1.13 bits per heavy atom. The van der Waals surface area contributed by atoms with E-state index in [4.69, 9.17) is 14.2 Å². The second-order valence-electron chi connectivity index (χ2n) is 8.05. The molecule has 2 aliphatic rings. The number of methoxy groups -OCH3 is 1. The average Bonchev–Trinajstić information content (AvgIpc) is 3.23. The molecule has 1 saturated carbocycles. The molecule has 162 valence electrons. The molecule has 0 radical (unpaired) electrons. The molecule has 1 amide bonds. The molecule has 0 aromatic heterocycles. The van der Waals surface area contributed by atoms with E-state index < -0.39 is 0 Å². The molecule has 0 saturated heterocycles. The van der Waals surface area contributed by atoms with Crippen molar-refractivity contribution in [3.05, 3.63) is 41.5 Å². The van der Waals surface area contributed by atoms with Crippen LogP contribution in [0, 0.1) is 5.41 Å². The third-order valence-corrected chi connectivity index (χ3v) is 5.90. The van der Waals surface area contributed by atoms with Crippen molar-refractivity contribution in [1.29, 1.82) is 0 Å². The molecule has 6 heteroatoms. The maximum absolute atomic E-state index is 12.4. The van der Waals surface area contributed by atoms with Crippen molar-refractivity contribution in [2.45, 2.75) is 51.9 Å². The van der Waals surface area contributed by atoms with Gasteiger partial charge in [0.15, 0.2) is 11.5 Å². The maximum atomic E-state index is 12.4. The molecule has 1 fully saturated rings. The molecule has 1 aliphatic heterocycles. The number of ether oxygens (including phenoxy) is 3. The highest BCUT2D eigenvalue weighted by Crippen LogP contribution is 2.39. The van der Waals surface area contributed by atoms with Crippen molar-refractivity contribution in [2.75, 3.05) is 20.4 Å². The van der Waals surface area contributed by atoms with Gasteiger partial charge in [-0.05, 0) is 47.9 Å². The van der Waals surface area contributed by atoms with E-state index in [-0.39, 0.29) is 24.1 Å². The summed E-state index contributed by atoms with van der Waals surface area (Å²) >= 11 is 0. The first kappa shape index (κ1) is 21.9. The quantitative estimate of drug-likeness (QED) is 0.389. The molecule has 0 unspecified atom stereocenters. The normalized spacial score (nSPS) is 17.7. The molecule has 30 heavy (non-hydrogen) atoms. The van der Waals surface area contributed by atoms with E-state index in [1.165, 1.54) is 13.5 Å². The van der Waals surface area contributed by atoms with Crippen LogP contribution in [0.1, 0.15) is 57.4 Å². The van der Waals surface area contributed by atoms with Gasteiger partial charge in [-0.1, -0.05) is 44.4 Å². The number of rotatable bonds is 8. The smallest absolute Gasteiger partial charge is 0.306 e. The zero-order chi connectivity index (χ0) is 21.4. The molecule has 3 rings (SSSR count). The number of amides is 1. The number of hydrogen-bond acceptors (Lipinski definition) is 5. The van der Waals surface area contributed by atoms with Gasteiger partial charge in [0.2, 0.25) is 12.7 Å². The molecule has 1 aliphatic carbocycles. The van der Waals surface area contributed by atoms with E-state index in [2.05, 4.69) is 12.2 Å². The Bertz CT molecular complexity index is 821. The van der Waals surface area contributed by atoms with Gasteiger partial charge in [0.05, 0.1) is 13.5 Å². The number of hydrogen-bond donors (Lipinski definition) is 1. The molecule has 1 aromatic carbocycles. The van der Waals surface area contributed by atoms with Crippen LogP contribution in [0.5, 0.6) is 11.5 Å². The van der Waals surface area contributed by atoms with Gasteiger partial charge in [0.25, 0.3) is 0 Å². The Morgan fingerprint density at radius 3 is 2.63 bits per heavy atom. The van der Waals surface area contributed by atoms with E-state index in [1.54, 1.807) is 6.08 Å². The lowest BCUT2D eigenvalue weighted by molar-refractivity contribution is -0.144. The highest BCUT2D eigenvalue weighted by atomic mass is 16.7. The Balaban J connectivity index is 1.59. The van der Waals surface area contributed by atoms with Crippen molar-refractivity contribution >= 4 is 18.0 Å². The van der Waals surface area contributed by atoms with Gasteiger partial charge in [0, 0.05) is 12.6 Å². The third-order valence-electron chi connectivity index (χ3n) is 5.90. The van der Waals surface area contributed by atoms with Crippen LogP contribution in [0.15, 0.2) is 35.9 Å². The third kappa shape index (κ3) is 5.88. The summed E-state index contributed by atoms with van der Waals surface area (Å²) in [5, 5.41) is 3.00. The topological polar surface area (TPSA) is 73.9 Å². The number of carbonyl (C=O) groups is 2. The fraction of sp³-hybridized carbons (Fsp3) is 0.500. The molecular weight excluding hydrogens is 382 g/mol. The number of esters is 1. The van der Waals surface area contributed by atoms with Crippen LogP contribution in [0.3, 0.4) is 0 Å². The molecule has 1 heterocycles. The summed E-state index contributed by atoms with van der Waals surface area (Å²) in [6.07, 6.45) is 11.8. The molecule has 0 bridgehead atoms. The van der Waals surface area contributed by atoms with Crippen LogP contribution in [0.25, 0.3) is 6.08 Å². The molecule has 6 nitrogen and oxygen atoms in total. The number of fused-ring (bicyclic) bond motifs is 1. The second kappa shape index (κ2) is 10.3. The summed E-state index contributed by atoms with van der Waals surface area (Å²) < 4.78 is 15.6. The number of allylic oxidation sites excluding steroid dienone is 2. The summed E-state index contributed by atoms with van der Waals surface area (Å²) in [6, 6.07) is 5.80. The summed E-state index contributed by atoms with van der Waals surface area (Å²) in [6.45, 7) is 2.80. The van der Waals surface area contributed by atoms with Gasteiger partial charge in [-0.2, -0.15) is 0 Å². The lowest BCUT2D eigenvalue weighted by atomic mass is 9.71. The second-order valence-corrected chi connectivity index (χ2v) is 8.05. The lowest BCUT2D eigenvalue weighted by Gasteiger charge is -2.36. The fourth-order valence-electron chi connectivity index (χ4n) is 4.10. The first-order chi connectivity index (χ1) is 14.5. The van der Waals surface area contributed by atoms with E-state index in [1.807, 2.05) is 30.4 Å². The van der Waals surface area contributed by atoms with E-state index >= 15 is 0 Å². The van der Waals surface area contributed by atoms with Crippen LogP contribution < -0.4 is 14.8 Å². The van der Waals surface area contributed by atoms with Crippen LogP contribution >= 0.6 is 0 Å². The molecule has 1 aromatic rings. The first-order valence-corrected chi connectivity index (χ1v) is 10.7. The van der Waals surface area contributed by atoms with E-state index in [9.17, 15) is 9.59 Å². The van der Waals surface area contributed by atoms with Gasteiger partial charge in [-0.25, -0.2) is 0 Å². The van der Waals surface area contributed by atoms with Crippen molar-refractivity contribution < 1.29 is 23.8 Å². The Hall–Kier alpha value is -2.76. The van der Waals surface area contributed by atoms with E-state index in [0.717, 1.165) is 54.7 Å². The highest BCUT2D eigenvalue weighted by Gasteiger charge is 2.35. The first-order valence-electron chi connectivity index (χ1n) is 10.7. The minimum Gasteiger partial charge on any atom is -0.469 e. The van der Waals surface area contributed by atoms with Crippen molar-refractivity contribution in [3.8, 4) is 11.5 Å². The molecule has 0 spiro atoms. The Kier molecular flexibility index (Phi) is 7.55. The Morgan fingerprint density at radius 2 is 1.90 bits per heavy atom. The predicted molar refractivity (Wildman–Crippen MR) is 115 cm³/mol. The highest BCUT2D eigenvalue weighted by molar-refractivity contribution is 5.88. The van der Waals surface area contributed by atoms with Crippen LogP contribution in [-0.4, -0.2) is 32.3 Å². The minimum absolute atomic E-state index is 0.144. The summed E-state index contributed by atoms with van der Waals surface area (Å²) in [7, 11) is 1.42. The maximum Gasteiger partial charge on any atom is 0.306 e. The summed E-state index contributed by atoms with van der Waals surface area (Å²) in [5.74, 6) is 1.14. The monoisotopic (exact) mass is 413 g/mol. The standard InChI is InChI=1S/C24H31NO5/c1-3-18(13-19-7-9-20-21(14-19)30-17-29-20)8-10-22(26)25-16-24(15-23(27)28-2)11-5-4-6-12-24/h7-10,13-14H,3-6,11-12,15-17H2,1-2H3,(H,25,26)/b10-8+,18-13+. The molecule has 0 atom stereocenters. The Labute approximate surface area is 178 Å². The van der Waals surface area contributed by atoms with Crippen LogP contribution in [-0.2, 0) is 14.3 Å². The van der Waals surface area contributed by atoms with Gasteiger partial charge in [-0.3, -0.25) is 9.59 Å². The van der Waals surface area contributed by atoms with Gasteiger partial charge in [-0.15, -0.1) is 0 Å². The van der Waals surface area contributed by atoms with Gasteiger partial charge >= 0.3 is 5.97 Å². The van der Waals surface area contributed by atoms with E-state index in [0.29, 0.717) is 13.0 Å². The number of nitrogens with one attached hydrogen (secondary N) is 1.